The van der Waals surface area contributed by atoms with Crippen LogP contribution >= 0.6 is 0 Å². The van der Waals surface area contributed by atoms with Crippen molar-refractivity contribution in [3.05, 3.63) is 46.1 Å². The van der Waals surface area contributed by atoms with Crippen LogP contribution in [0.3, 0.4) is 0 Å². The number of allylic oxidation sites excluding steroid dienone is 7. The third-order valence-electron chi connectivity index (χ3n) is 8.98. The van der Waals surface area contributed by atoms with Gasteiger partial charge in [0.15, 0.2) is 0 Å². The Bertz CT molecular complexity index is 981. The molecule has 40 heavy (non-hydrogen) atoms. The van der Waals surface area contributed by atoms with E-state index in [1.807, 2.05) is 0 Å². The monoisotopic (exact) mass is 554 g/mol. The first-order valence-corrected chi connectivity index (χ1v) is 15.4. The maximum absolute atomic E-state index is 12.9. The lowest BCUT2D eigenvalue weighted by Crippen LogP contribution is -2.47. The van der Waals surface area contributed by atoms with E-state index in [0.29, 0.717) is 38.9 Å². The fourth-order valence-corrected chi connectivity index (χ4v) is 5.65. The molecule has 7 heteroatoms. The first-order valence-electron chi connectivity index (χ1n) is 15.4. The minimum absolute atomic E-state index is 0.0836. The van der Waals surface area contributed by atoms with Crippen molar-refractivity contribution in [3.63, 3.8) is 0 Å². The van der Waals surface area contributed by atoms with Crippen LogP contribution < -0.4 is 21.7 Å². The van der Waals surface area contributed by atoms with Crippen molar-refractivity contribution in [1.29, 1.82) is 0 Å². The quantitative estimate of drug-likeness (QED) is 0.167. The van der Waals surface area contributed by atoms with Gasteiger partial charge in [-0.1, -0.05) is 48.3 Å². The number of rotatable bonds is 18. The molecule has 0 spiro atoms. The minimum Gasteiger partial charge on any atom is -0.356 e. The number of amides is 3. The highest BCUT2D eigenvalue weighted by molar-refractivity contribution is 5.87. The summed E-state index contributed by atoms with van der Waals surface area (Å²) in [5, 5.41) is 8.98. The van der Waals surface area contributed by atoms with E-state index >= 15 is 0 Å². The number of carbonyl (C=O) groups excluding carboxylic acids is 3. The van der Waals surface area contributed by atoms with Gasteiger partial charge in [-0.25, -0.2) is 0 Å². The highest BCUT2D eigenvalue weighted by atomic mass is 16.2. The number of hydrogen-bond donors (Lipinski definition) is 4. The summed E-state index contributed by atoms with van der Waals surface area (Å²) in [7, 11) is 0. The van der Waals surface area contributed by atoms with Crippen LogP contribution in [0.1, 0.15) is 112 Å². The van der Waals surface area contributed by atoms with E-state index in [0.717, 1.165) is 57.8 Å². The summed E-state index contributed by atoms with van der Waals surface area (Å²) in [6.07, 6.45) is 15.9. The van der Waals surface area contributed by atoms with E-state index in [2.05, 4.69) is 68.8 Å². The van der Waals surface area contributed by atoms with E-state index in [9.17, 15) is 14.4 Å². The van der Waals surface area contributed by atoms with Crippen LogP contribution in [0.2, 0.25) is 0 Å². The molecule has 7 nitrogen and oxygen atoms in total. The van der Waals surface area contributed by atoms with Crippen molar-refractivity contribution in [2.75, 3.05) is 19.6 Å². The van der Waals surface area contributed by atoms with Gasteiger partial charge in [0.05, 0.1) is 0 Å². The molecule has 0 fully saturated rings. The molecule has 0 aliphatic heterocycles. The van der Waals surface area contributed by atoms with Crippen molar-refractivity contribution < 1.29 is 14.4 Å². The van der Waals surface area contributed by atoms with Crippen LogP contribution in [0, 0.1) is 5.41 Å². The molecule has 0 aromatic heterocycles. The SMILES string of the molecule is CC1=C(C)C(C)(CCC(=O)NC(CCCCN)C(=O)NCCCCCC(=O)NCCC2=CCCC=C2)C(C)=C1C. The van der Waals surface area contributed by atoms with Crippen LogP contribution in [0.4, 0.5) is 0 Å². The minimum atomic E-state index is -0.549. The highest BCUT2D eigenvalue weighted by Gasteiger charge is 2.36. The number of carbonyl (C=O) groups is 3. The van der Waals surface area contributed by atoms with Crippen molar-refractivity contribution in [3.8, 4) is 0 Å². The molecule has 1 atom stereocenters. The average molecular weight is 555 g/mol. The highest BCUT2D eigenvalue weighted by Crippen LogP contribution is 2.49. The first kappa shape index (κ1) is 33.5. The predicted octanol–water partition coefficient (Wildman–Crippen LogP) is 5.53. The van der Waals surface area contributed by atoms with Crippen molar-refractivity contribution in [2.24, 2.45) is 11.1 Å². The maximum atomic E-state index is 12.9. The molecule has 0 radical (unpaired) electrons. The van der Waals surface area contributed by atoms with Gasteiger partial charge in [0.1, 0.15) is 6.04 Å². The smallest absolute Gasteiger partial charge is 0.242 e. The third-order valence-corrected chi connectivity index (χ3v) is 8.98. The zero-order chi connectivity index (χ0) is 29.5. The topological polar surface area (TPSA) is 113 Å². The summed E-state index contributed by atoms with van der Waals surface area (Å²) in [4.78, 5) is 37.9. The van der Waals surface area contributed by atoms with Crippen molar-refractivity contribution in [1.82, 2.24) is 16.0 Å². The molecule has 2 aliphatic rings. The molecule has 0 bridgehead atoms. The summed E-state index contributed by atoms with van der Waals surface area (Å²) in [6, 6.07) is -0.549. The normalized spacial score (nSPS) is 17.1. The van der Waals surface area contributed by atoms with Gasteiger partial charge in [0.25, 0.3) is 0 Å². The van der Waals surface area contributed by atoms with Crippen LogP contribution in [0.15, 0.2) is 46.1 Å². The Morgan fingerprint density at radius 3 is 2.25 bits per heavy atom. The number of nitrogens with two attached hydrogens (primary N) is 1. The third kappa shape index (κ3) is 10.4. The Kier molecular flexibility index (Phi) is 14.4. The Labute approximate surface area is 242 Å². The van der Waals surface area contributed by atoms with Gasteiger partial charge in [0, 0.05) is 31.3 Å². The molecule has 0 saturated heterocycles. The maximum Gasteiger partial charge on any atom is 0.242 e. The molecule has 0 saturated carbocycles. The number of hydrogen-bond acceptors (Lipinski definition) is 4. The molecule has 5 N–H and O–H groups in total. The van der Waals surface area contributed by atoms with Gasteiger partial charge in [-0.15, -0.1) is 0 Å². The second-order valence-corrected chi connectivity index (χ2v) is 11.7. The molecule has 0 heterocycles. The van der Waals surface area contributed by atoms with Gasteiger partial charge in [-0.2, -0.15) is 0 Å². The molecule has 3 amide bonds. The summed E-state index contributed by atoms with van der Waals surface area (Å²) < 4.78 is 0. The number of unbranched alkanes of at least 4 members (excludes halogenated alkanes) is 3. The molecule has 0 aromatic carbocycles. The molecule has 224 valence electrons. The molecule has 2 aliphatic carbocycles. The molecule has 1 unspecified atom stereocenters. The van der Waals surface area contributed by atoms with E-state index in [1.165, 1.54) is 27.9 Å². The van der Waals surface area contributed by atoms with Crippen molar-refractivity contribution >= 4 is 17.7 Å². The van der Waals surface area contributed by atoms with Crippen molar-refractivity contribution in [2.45, 2.75) is 118 Å². The summed E-state index contributed by atoms with van der Waals surface area (Å²) in [5.74, 6) is -0.140. The summed E-state index contributed by atoms with van der Waals surface area (Å²) in [6.45, 7) is 12.6. The van der Waals surface area contributed by atoms with E-state index in [4.69, 9.17) is 5.73 Å². The molecule has 0 aromatic rings. The average Bonchev–Trinajstić information content (AvgIpc) is 3.09. The van der Waals surface area contributed by atoms with Gasteiger partial charge in [0.2, 0.25) is 17.7 Å². The van der Waals surface area contributed by atoms with Gasteiger partial charge in [-0.3, -0.25) is 14.4 Å². The van der Waals surface area contributed by atoms with E-state index < -0.39 is 6.04 Å². The fourth-order valence-electron chi connectivity index (χ4n) is 5.65. The Hall–Kier alpha value is -2.67. The van der Waals surface area contributed by atoms with Crippen LogP contribution in [0.5, 0.6) is 0 Å². The lowest BCUT2D eigenvalue weighted by molar-refractivity contribution is -0.129. The largest absolute Gasteiger partial charge is 0.356 e. The lowest BCUT2D eigenvalue weighted by Gasteiger charge is -2.29. The van der Waals surface area contributed by atoms with Gasteiger partial charge < -0.3 is 21.7 Å². The molecule has 2 rings (SSSR count). The second-order valence-electron chi connectivity index (χ2n) is 11.7. The molecular formula is C33H54N4O3. The molecular weight excluding hydrogens is 500 g/mol. The van der Waals surface area contributed by atoms with E-state index in [-0.39, 0.29) is 23.1 Å². The van der Waals surface area contributed by atoms with Crippen LogP contribution in [0.25, 0.3) is 0 Å². The predicted molar refractivity (Wildman–Crippen MR) is 164 cm³/mol. The summed E-state index contributed by atoms with van der Waals surface area (Å²) in [5.41, 5.74) is 12.2. The second kappa shape index (κ2) is 17.2. The standard InChI is InChI=1S/C33H54N4O3/c1-24-25(2)27(4)33(5,26(24)3)20-18-31(39)37-29(16-11-12-21-34)32(40)36-22-13-7-10-17-30(38)35-23-19-28-14-8-6-9-15-28/h8,14-15,29H,6-7,9-13,16-23,34H2,1-5H3,(H,35,38)(H,36,40)(H,37,39). The van der Waals surface area contributed by atoms with E-state index in [1.54, 1.807) is 0 Å². The fraction of sp³-hybridized carbons (Fsp3) is 0.667. The Morgan fingerprint density at radius 2 is 1.60 bits per heavy atom. The van der Waals surface area contributed by atoms with Crippen LogP contribution in [-0.4, -0.2) is 43.4 Å². The van der Waals surface area contributed by atoms with Gasteiger partial charge in [-0.05, 0) is 103 Å². The first-order chi connectivity index (χ1) is 19.1. The Morgan fingerprint density at radius 1 is 0.875 bits per heavy atom. The zero-order valence-electron chi connectivity index (χ0n) is 25.7. The Balaban J connectivity index is 1.69. The summed E-state index contributed by atoms with van der Waals surface area (Å²) >= 11 is 0. The van der Waals surface area contributed by atoms with Crippen LogP contribution in [-0.2, 0) is 14.4 Å². The lowest BCUT2D eigenvalue weighted by atomic mass is 9.75. The zero-order valence-corrected chi connectivity index (χ0v) is 25.7. The number of nitrogens with one attached hydrogen (secondary N) is 3. The van der Waals surface area contributed by atoms with Gasteiger partial charge >= 0.3 is 0 Å².